The molecule has 0 aliphatic carbocycles. The van der Waals surface area contributed by atoms with Crippen LogP contribution in [-0.2, 0) is 11.3 Å². The Balaban J connectivity index is 1.85. The number of piperidine rings is 1. The van der Waals surface area contributed by atoms with E-state index in [0.29, 0.717) is 18.9 Å². The number of hydrogen-bond donors (Lipinski definition) is 4. The van der Waals surface area contributed by atoms with E-state index in [1.54, 1.807) is 0 Å². The SMILES string of the molecule is Cc1ccc(CNC(=O)NC(CC(C)C)C(=O)NC2CCCNC2)cc1. The monoisotopic (exact) mass is 360 g/mol. The van der Waals surface area contributed by atoms with Gasteiger partial charge in [0, 0.05) is 19.1 Å². The van der Waals surface area contributed by atoms with Gasteiger partial charge in [0.05, 0.1) is 0 Å². The summed E-state index contributed by atoms with van der Waals surface area (Å²) in [4.78, 5) is 24.9. The molecule has 0 aromatic heterocycles. The number of aryl methyl sites for hydroxylation is 1. The van der Waals surface area contributed by atoms with Gasteiger partial charge in [-0.25, -0.2) is 4.79 Å². The van der Waals surface area contributed by atoms with Gasteiger partial charge in [-0.2, -0.15) is 0 Å². The van der Waals surface area contributed by atoms with Crippen LogP contribution in [0.4, 0.5) is 4.79 Å². The van der Waals surface area contributed by atoms with Gasteiger partial charge >= 0.3 is 6.03 Å². The summed E-state index contributed by atoms with van der Waals surface area (Å²) in [5, 5.41) is 12.0. The van der Waals surface area contributed by atoms with Crippen LogP contribution in [0.5, 0.6) is 0 Å². The summed E-state index contributed by atoms with van der Waals surface area (Å²) in [5.74, 6) is 0.213. The predicted octanol–water partition coefficient (Wildman–Crippen LogP) is 2.08. The van der Waals surface area contributed by atoms with Gasteiger partial charge in [-0.3, -0.25) is 4.79 Å². The molecule has 0 bridgehead atoms. The summed E-state index contributed by atoms with van der Waals surface area (Å²) in [5.41, 5.74) is 2.22. The van der Waals surface area contributed by atoms with Crippen LogP contribution in [-0.4, -0.2) is 37.1 Å². The van der Waals surface area contributed by atoms with Gasteiger partial charge in [0.15, 0.2) is 0 Å². The lowest BCUT2D eigenvalue weighted by Crippen LogP contribution is -2.54. The zero-order chi connectivity index (χ0) is 18.9. The molecule has 1 heterocycles. The molecule has 2 atom stereocenters. The smallest absolute Gasteiger partial charge is 0.315 e. The van der Waals surface area contributed by atoms with Crippen molar-refractivity contribution in [3.05, 3.63) is 35.4 Å². The fourth-order valence-corrected chi connectivity index (χ4v) is 3.08. The molecule has 1 aromatic carbocycles. The molecule has 0 saturated carbocycles. The summed E-state index contributed by atoms with van der Waals surface area (Å²) in [7, 11) is 0. The van der Waals surface area contributed by atoms with Gasteiger partial charge in [-0.15, -0.1) is 0 Å². The van der Waals surface area contributed by atoms with E-state index in [9.17, 15) is 9.59 Å². The summed E-state index contributed by atoms with van der Waals surface area (Å²) < 4.78 is 0. The molecule has 1 aliphatic heterocycles. The largest absolute Gasteiger partial charge is 0.350 e. The lowest BCUT2D eigenvalue weighted by Gasteiger charge is -2.27. The molecule has 1 aliphatic rings. The Morgan fingerprint density at radius 3 is 2.58 bits per heavy atom. The Morgan fingerprint density at radius 2 is 1.96 bits per heavy atom. The maximum absolute atomic E-state index is 12.6. The molecule has 1 saturated heterocycles. The van der Waals surface area contributed by atoms with Crippen LogP contribution >= 0.6 is 0 Å². The van der Waals surface area contributed by atoms with Crippen molar-refractivity contribution in [2.24, 2.45) is 5.92 Å². The average Bonchev–Trinajstić information content (AvgIpc) is 2.61. The Bertz CT molecular complexity index is 580. The first-order valence-corrected chi connectivity index (χ1v) is 9.55. The van der Waals surface area contributed by atoms with Gasteiger partial charge < -0.3 is 21.3 Å². The Kier molecular flexibility index (Phi) is 7.91. The van der Waals surface area contributed by atoms with Gasteiger partial charge in [-0.05, 0) is 44.2 Å². The number of rotatable bonds is 7. The van der Waals surface area contributed by atoms with Crippen molar-refractivity contribution in [1.82, 2.24) is 21.3 Å². The van der Waals surface area contributed by atoms with E-state index in [4.69, 9.17) is 0 Å². The van der Waals surface area contributed by atoms with Crippen molar-refractivity contribution in [3.63, 3.8) is 0 Å². The van der Waals surface area contributed by atoms with Gasteiger partial charge in [0.1, 0.15) is 6.04 Å². The van der Waals surface area contributed by atoms with Crippen molar-refractivity contribution < 1.29 is 9.59 Å². The maximum Gasteiger partial charge on any atom is 0.315 e. The fraction of sp³-hybridized carbons (Fsp3) is 0.600. The summed E-state index contributed by atoms with van der Waals surface area (Å²) in [6.07, 6.45) is 2.65. The standard InChI is InChI=1S/C20H32N4O2/c1-14(2)11-18(19(25)23-17-5-4-10-21-13-17)24-20(26)22-12-16-8-6-15(3)7-9-16/h6-9,14,17-18,21H,4-5,10-13H2,1-3H3,(H,23,25)(H2,22,24,26). The Hall–Kier alpha value is -2.08. The topological polar surface area (TPSA) is 82.3 Å². The highest BCUT2D eigenvalue weighted by Gasteiger charge is 2.24. The molecule has 2 rings (SSSR count). The second kappa shape index (κ2) is 10.2. The highest BCUT2D eigenvalue weighted by atomic mass is 16.2. The van der Waals surface area contributed by atoms with Crippen molar-refractivity contribution in [3.8, 4) is 0 Å². The molecule has 4 N–H and O–H groups in total. The summed E-state index contributed by atoms with van der Waals surface area (Å²) in [6, 6.07) is 7.32. The van der Waals surface area contributed by atoms with Crippen LogP contribution in [0.15, 0.2) is 24.3 Å². The van der Waals surface area contributed by atoms with E-state index in [0.717, 1.165) is 31.5 Å². The average molecular weight is 361 g/mol. The predicted molar refractivity (Wildman–Crippen MR) is 104 cm³/mol. The van der Waals surface area contributed by atoms with E-state index in [1.165, 1.54) is 5.56 Å². The van der Waals surface area contributed by atoms with E-state index in [2.05, 4.69) is 21.3 Å². The van der Waals surface area contributed by atoms with Crippen LogP contribution in [0, 0.1) is 12.8 Å². The minimum Gasteiger partial charge on any atom is -0.350 e. The number of benzene rings is 1. The van der Waals surface area contributed by atoms with E-state index < -0.39 is 6.04 Å². The number of hydrogen-bond acceptors (Lipinski definition) is 3. The van der Waals surface area contributed by atoms with Crippen LogP contribution in [0.2, 0.25) is 0 Å². The third-order valence-corrected chi connectivity index (χ3v) is 4.55. The van der Waals surface area contributed by atoms with Crippen LogP contribution in [0.3, 0.4) is 0 Å². The van der Waals surface area contributed by atoms with Crippen molar-refractivity contribution in [2.45, 2.75) is 58.7 Å². The molecule has 6 heteroatoms. The molecule has 1 fully saturated rings. The molecule has 1 aromatic rings. The number of urea groups is 1. The molecular formula is C20H32N4O2. The zero-order valence-corrected chi connectivity index (χ0v) is 16.1. The van der Waals surface area contributed by atoms with Crippen LogP contribution in [0.1, 0.15) is 44.2 Å². The zero-order valence-electron chi connectivity index (χ0n) is 16.1. The van der Waals surface area contributed by atoms with Crippen LogP contribution in [0.25, 0.3) is 0 Å². The van der Waals surface area contributed by atoms with Gasteiger partial charge in [0.2, 0.25) is 5.91 Å². The van der Waals surface area contributed by atoms with Gasteiger partial charge in [0.25, 0.3) is 0 Å². The third-order valence-electron chi connectivity index (χ3n) is 4.55. The van der Waals surface area contributed by atoms with Crippen molar-refractivity contribution in [1.29, 1.82) is 0 Å². The quantitative estimate of drug-likeness (QED) is 0.601. The first-order chi connectivity index (χ1) is 12.4. The minimum atomic E-state index is -0.519. The number of carbonyl (C=O) groups excluding carboxylic acids is 2. The molecule has 6 nitrogen and oxygen atoms in total. The second-order valence-electron chi connectivity index (χ2n) is 7.55. The van der Waals surface area contributed by atoms with Crippen LogP contribution < -0.4 is 21.3 Å². The van der Waals surface area contributed by atoms with Crippen molar-refractivity contribution in [2.75, 3.05) is 13.1 Å². The molecular weight excluding hydrogens is 328 g/mol. The fourth-order valence-electron chi connectivity index (χ4n) is 3.08. The highest BCUT2D eigenvalue weighted by Crippen LogP contribution is 2.08. The van der Waals surface area contributed by atoms with E-state index >= 15 is 0 Å². The first-order valence-electron chi connectivity index (χ1n) is 9.55. The second-order valence-corrected chi connectivity index (χ2v) is 7.55. The maximum atomic E-state index is 12.6. The summed E-state index contributed by atoms with van der Waals surface area (Å²) in [6.45, 7) is 8.36. The first kappa shape index (κ1) is 20.2. The molecule has 0 radical (unpaired) electrons. The number of carbonyl (C=O) groups is 2. The number of amides is 3. The Labute approximate surface area is 156 Å². The highest BCUT2D eigenvalue weighted by molar-refractivity contribution is 5.87. The molecule has 3 amide bonds. The van der Waals surface area contributed by atoms with Gasteiger partial charge in [-0.1, -0.05) is 43.7 Å². The Morgan fingerprint density at radius 1 is 1.23 bits per heavy atom. The number of nitrogens with one attached hydrogen (secondary N) is 4. The van der Waals surface area contributed by atoms with E-state index in [1.807, 2.05) is 45.0 Å². The lowest BCUT2D eigenvalue weighted by molar-refractivity contribution is -0.124. The minimum absolute atomic E-state index is 0.0992. The summed E-state index contributed by atoms with van der Waals surface area (Å²) >= 11 is 0. The van der Waals surface area contributed by atoms with E-state index in [-0.39, 0.29) is 18.0 Å². The molecule has 2 unspecified atom stereocenters. The normalized spacial score (nSPS) is 18.2. The molecule has 144 valence electrons. The van der Waals surface area contributed by atoms with Crippen molar-refractivity contribution >= 4 is 11.9 Å². The lowest BCUT2D eigenvalue weighted by atomic mass is 10.0. The third kappa shape index (κ3) is 7.04. The molecule has 26 heavy (non-hydrogen) atoms. The molecule has 0 spiro atoms.